The van der Waals surface area contributed by atoms with Crippen LogP contribution in [0, 0.1) is 11.8 Å². The maximum Gasteiger partial charge on any atom is 0.330 e. The van der Waals surface area contributed by atoms with Gasteiger partial charge in [-0.15, -0.1) is 11.3 Å². The van der Waals surface area contributed by atoms with Crippen LogP contribution in [0.1, 0.15) is 62.9 Å². The Bertz CT molecular complexity index is 1750. The van der Waals surface area contributed by atoms with E-state index in [-0.39, 0.29) is 42.1 Å². The molecule has 4 aromatic rings. The van der Waals surface area contributed by atoms with E-state index in [1.54, 1.807) is 20.0 Å². The summed E-state index contributed by atoms with van der Waals surface area (Å²) in [5.41, 5.74) is 1.47. The summed E-state index contributed by atoms with van der Waals surface area (Å²) in [6.07, 6.45) is 9.21. The number of nitrogens with zero attached hydrogens (tertiary/aromatic N) is 6. The molecule has 11 nitrogen and oxygen atoms in total. The summed E-state index contributed by atoms with van der Waals surface area (Å²) in [5.74, 6) is 1.74. The van der Waals surface area contributed by atoms with Gasteiger partial charge in [0.2, 0.25) is 0 Å². The first-order chi connectivity index (χ1) is 19.2. The zero-order chi connectivity index (χ0) is 28.1. The maximum absolute atomic E-state index is 13.3. The Balaban J connectivity index is 1.16. The Morgan fingerprint density at radius 3 is 2.62 bits per heavy atom. The lowest BCUT2D eigenvalue weighted by atomic mass is 10.0. The predicted octanol–water partition coefficient (Wildman–Crippen LogP) is 3.22. The molecule has 2 saturated carbocycles. The van der Waals surface area contributed by atoms with E-state index in [0.29, 0.717) is 22.9 Å². The van der Waals surface area contributed by atoms with Gasteiger partial charge in [-0.3, -0.25) is 33.9 Å². The van der Waals surface area contributed by atoms with Crippen molar-refractivity contribution in [3.05, 3.63) is 68.5 Å². The van der Waals surface area contributed by atoms with E-state index in [1.165, 1.54) is 41.5 Å². The van der Waals surface area contributed by atoms with Gasteiger partial charge in [-0.2, -0.15) is 0 Å². The summed E-state index contributed by atoms with van der Waals surface area (Å²) >= 11 is 1.43. The standard InChI is InChI=1S/C28H29N7O4S/c1-4-20(36)11-34-27(38)23-25(33-28(34)39)31-13-35(23)15(3)24(37)14(2)5-19-12-40-26(32-19)22-10-29-21(9-30-22)18-7-16-6-17(16)8-18/h9-10,12-13,15-18H,2,4-8,11H2,1,3H3,(H,33,39)/t15-,16?,17?,18?/m0/s1. The molecular weight excluding hydrogens is 530 g/mol. The summed E-state index contributed by atoms with van der Waals surface area (Å²) in [5, 5.41) is 2.60. The number of aromatic amines is 1. The van der Waals surface area contributed by atoms with Crippen molar-refractivity contribution in [2.75, 3.05) is 0 Å². The molecule has 4 aromatic heterocycles. The smallest absolute Gasteiger partial charge is 0.314 e. The quantitative estimate of drug-likeness (QED) is 0.292. The normalized spacial score (nSPS) is 20.4. The van der Waals surface area contributed by atoms with E-state index in [0.717, 1.165) is 27.1 Å². The Morgan fingerprint density at radius 1 is 1.15 bits per heavy atom. The molecule has 12 heteroatoms. The Morgan fingerprint density at radius 2 is 1.93 bits per heavy atom. The molecule has 2 fully saturated rings. The second kappa shape index (κ2) is 10.2. The molecule has 1 N–H and O–H groups in total. The molecular formula is C28H29N7O4S. The van der Waals surface area contributed by atoms with E-state index in [9.17, 15) is 19.2 Å². The van der Waals surface area contributed by atoms with Gasteiger partial charge in [-0.05, 0) is 43.6 Å². The van der Waals surface area contributed by atoms with E-state index in [1.807, 2.05) is 11.6 Å². The highest BCUT2D eigenvalue weighted by Crippen LogP contribution is 2.57. The van der Waals surface area contributed by atoms with Gasteiger partial charge in [0.1, 0.15) is 10.7 Å². The molecule has 6 rings (SSSR count). The lowest BCUT2D eigenvalue weighted by molar-refractivity contribution is -0.119. The summed E-state index contributed by atoms with van der Waals surface area (Å²) in [6.45, 7) is 6.93. The fourth-order valence-electron chi connectivity index (χ4n) is 5.63. The first-order valence-corrected chi connectivity index (χ1v) is 14.3. The highest BCUT2D eigenvalue weighted by Gasteiger charge is 2.46. The van der Waals surface area contributed by atoms with Crippen LogP contribution in [0.5, 0.6) is 0 Å². The lowest BCUT2D eigenvalue weighted by Gasteiger charge is -2.14. The first-order valence-electron chi connectivity index (χ1n) is 13.4. The van der Waals surface area contributed by atoms with Crippen molar-refractivity contribution in [2.45, 2.75) is 64.5 Å². The van der Waals surface area contributed by atoms with Crippen LogP contribution < -0.4 is 11.2 Å². The average Bonchev–Trinajstić information content (AvgIpc) is 3.32. The molecule has 2 aliphatic carbocycles. The van der Waals surface area contributed by atoms with Crippen molar-refractivity contribution in [1.29, 1.82) is 0 Å². The molecule has 4 heterocycles. The summed E-state index contributed by atoms with van der Waals surface area (Å²) in [4.78, 5) is 71.2. The number of imidazole rings is 1. The van der Waals surface area contributed by atoms with Crippen molar-refractivity contribution >= 4 is 34.1 Å². The number of thiazole rings is 1. The van der Waals surface area contributed by atoms with Crippen molar-refractivity contribution in [3.8, 4) is 10.7 Å². The van der Waals surface area contributed by atoms with Gasteiger partial charge < -0.3 is 4.57 Å². The number of fused-ring (bicyclic) bond motifs is 2. The minimum Gasteiger partial charge on any atom is -0.314 e. The van der Waals surface area contributed by atoms with Crippen LogP contribution in [-0.2, 0) is 22.6 Å². The molecule has 0 aliphatic heterocycles. The molecule has 0 amide bonds. The molecule has 0 bridgehead atoms. The topological polar surface area (TPSA) is 145 Å². The van der Waals surface area contributed by atoms with E-state index >= 15 is 0 Å². The minimum absolute atomic E-state index is 0.0461. The Kier molecular flexibility index (Phi) is 6.65. The number of ketones is 2. The van der Waals surface area contributed by atoms with Crippen LogP contribution in [0.25, 0.3) is 21.9 Å². The number of rotatable bonds is 10. The molecule has 3 atom stereocenters. The molecule has 0 radical (unpaired) electrons. The Hall–Kier alpha value is -4.06. The zero-order valence-corrected chi connectivity index (χ0v) is 23.1. The summed E-state index contributed by atoms with van der Waals surface area (Å²) in [7, 11) is 0. The van der Waals surface area contributed by atoms with Crippen LogP contribution in [0.15, 0.2) is 45.8 Å². The third-order valence-electron chi connectivity index (χ3n) is 8.08. The third kappa shape index (κ3) is 4.76. The SMILES string of the molecule is C=C(Cc1csc(-c2cnc(C3CC4CC4C3)cn2)n1)C(=O)[C@H](C)n1cnc2[nH]c(=O)n(CC(=O)CC)c(=O)c21. The van der Waals surface area contributed by atoms with Crippen LogP contribution >= 0.6 is 11.3 Å². The summed E-state index contributed by atoms with van der Waals surface area (Å²) < 4.78 is 2.24. The van der Waals surface area contributed by atoms with Crippen molar-refractivity contribution < 1.29 is 9.59 Å². The fraction of sp³-hybridized carbons (Fsp3) is 0.429. The highest BCUT2D eigenvalue weighted by atomic mass is 32.1. The van der Waals surface area contributed by atoms with Gasteiger partial charge in [-0.1, -0.05) is 13.5 Å². The molecule has 40 heavy (non-hydrogen) atoms. The van der Waals surface area contributed by atoms with E-state index in [2.05, 4.69) is 31.5 Å². The largest absolute Gasteiger partial charge is 0.330 e. The molecule has 0 saturated heterocycles. The van der Waals surface area contributed by atoms with Crippen molar-refractivity contribution in [1.82, 2.24) is 34.1 Å². The van der Waals surface area contributed by atoms with Gasteiger partial charge >= 0.3 is 5.69 Å². The fourth-order valence-corrected chi connectivity index (χ4v) is 6.41. The first kappa shape index (κ1) is 26.2. The molecule has 2 aliphatic rings. The van der Waals surface area contributed by atoms with E-state index < -0.39 is 17.3 Å². The average molecular weight is 560 g/mol. The van der Waals surface area contributed by atoms with Crippen molar-refractivity contribution in [2.24, 2.45) is 11.8 Å². The Labute approximate surface area is 233 Å². The predicted molar refractivity (Wildman–Crippen MR) is 149 cm³/mol. The number of carbonyl (C=O) groups excluding carboxylic acids is 2. The molecule has 0 spiro atoms. The second-order valence-electron chi connectivity index (χ2n) is 10.8. The van der Waals surface area contributed by atoms with Crippen LogP contribution in [-0.4, -0.2) is 45.6 Å². The number of nitrogens with one attached hydrogen (secondary N) is 1. The maximum atomic E-state index is 13.3. The number of aromatic nitrogens is 7. The van der Waals surface area contributed by atoms with Crippen LogP contribution in [0.3, 0.4) is 0 Å². The van der Waals surface area contributed by atoms with E-state index in [4.69, 9.17) is 0 Å². The minimum atomic E-state index is -0.815. The highest BCUT2D eigenvalue weighted by molar-refractivity contribution is 7.13. The number of hydrogen-bond acceptors (Lipinski definition) is 9. The van der Waals surface area contributed by atoms with Gasteiger partial charge in [-0.25, -0.2) is 14.8 Å². The number of Topliss-reactive ketones (excluding diaryl/α,β-unsaturated/α-hetero) is 2. The summed E-state index contributed by atoms with van der Waals surface area (Å²) in [6, 6.07) is -0.815. The van der Waals surface area contributed by atoms with Gasteiger partial charge in [0.15, 0.2) is 22.7 Å². The molecule has 2 unspecified atom stereocenters. The monoisotopic (exact) mass is 559 g/mol. The van der Waals surface area contributed by atoms with Gasteiger partial charge in [0.25, 0.3) is 5.56 Å². The zero-order valence-electron chi connectivity index (χ0n) is 22.3. The van der Waals surface area contributed by atoms with Crippen molar-refractivity contribution in [3.63, 3.8) is 0 Å². The van der Waals surface area contributed by atoms with Crippen LogP contribution in [0.4, 0.5) is 0 Å². The second-order valence-corrected chi connectivity index (χ2v) is 11.6. The van der Waals surface area contributed by atoms with Gasteiger partial charge in [0, 0.05) is 30.3 Å². The lowest BCUT2D eigenvalue weighted by Crippen LogP contribution is -2.38. The number of H-pyrrole nitrogens is 1. The number of allylic oxidation sites excluding steroid dienone is 1. The molecule has 206 valence electrons. The number of hydrogen-bond donors (Lipinski definition) is 1. The third-order valence-corrected chi connectivity index (χ3v) is 9.00. The van der Waals surface area contributed by atoms with Gasteiger partial charge in [0.05, 0.1) is 36.5 Å². The van der Waals surface area contributed by atoms with Crippen LogP contribution in [0.2, 0.25) is 0 Å². The molecule has 0 aromatic carbocycles. The number of carbonyl (C=O) groups is 2.